The first-order chi connectivity index (χ1) is 13.4. The molecule has 4 aliphatic carbocycles. The van der Waals surface area contributed by atoms with Crippen LogP contribution in [0.1, 0.15) is 32.1 Å². The molecule has 0 aromatic heterocycles. The predicted octanol–water partition coefficient (Wildman–Crippen LogP) is 2.65. The number of nitrogens with zero attached hydrogens (tertiary/aromatic N) is 1. The first-order valence-electron chi connectivity index (χ1n) is 10.3. The van der Waals surface area contributed by atoms with Crippen LogP contribution in [0.3, 0.4) is 0 Å². The number of amides is 2. The Balaban J connectivity index is 1.36. The van der Waals surface area contributed by atoms with Crippen LogP contribution in [0.2, 0.25) is 0 Å². The van der Waals surface area contributed by atoms with E-state index in [0.29, 0.717) is 24.1 Å². The van der Waals surface area contributed by atoms with Crippen molar-refractivity contribution in [1.82, 2.24) is 5.32 Å². The minimum absolute atomic E-state index is 0.309. The molecule has 6 heteroatoms. The van der Waals surface area contributed by atoms with E-state index in [2.05, 4.69) is 10.6 Å². The molecule has 0 atom stereocenters. The second-order valence-electron chi connectivity index (χ2n) is 9.04. The molecule has 4 aliphatic rings. The van der Waals surface area contributed by atoms with E-state index in [1.54, 1.807) is 19.2 Å². The number of carbonyl (C=O) groups is 2. The summed E-state index contributed by atoms with van der Waals surface area (Å²) in [7, 11) is 5.67. The monoisotopic (exact) mass is 385 g/mol. The molecule has 4 saturated carbocycles. The highest BCUT2D eigenvalue weighted by molar-refractivity contribution is 6.39. The van der Waals surface area contributed by atoms with Crippen molar-refractivity contribution in [3.63, 3.8) is 0 Å². The number of nitrogens with one attached hydrogen (secondary N) is 2. The molecule has 4 fully saturated rings. The van der Waals surface area contributed by atoms with Crippen LogP contribution >= 0.6 is 0 Å². The molecular weight excluding hydrogens is 354 g/mol. The van der Waals surface area contributed by atoms with Gasteiger partial charge >= 0.3 is 11.8 Å². The fourth-order valence-corrected chi connectivity index (χ4v) is 6.01. The van der Waals surface area contributed by atoms with E-state index in [1.165, 1.54) is 32.1 Å². The third-order valence-electron chi connectivity index (χ3n) is 7.27. The van der Waals surface area contributed by atoms with Gasteiger partial charge in [0.25, 0.3) is 0 Å². The minimum atomic E-state index is -0.632. The lowest BCUT2D eigenvalue weighted by Crippen LogP contribution is -2.63. The van der Waals surface area contributed by atoms with E-state index in [-0.39, 0.29) is 5.60 Å². The van der Waals surface area contributed by atoms with Crippen LogP contribution in [-0.4, -0.2) is 45.2 Å². The lowest BCUT2D eigenvalue weighted by molar-refractivity contribution is -0.188. The van der Waals surface area contributed by atoms with Gasteiger partial charge < -0.3 is 20.3 Å². The number of hydrogen-bond acceptors (Lipinski definition) is 4. The molecule has 6 nitrogen and oxygen atoms in total. The average molecular weight is 386 g/mol. The van der Waals surface area contributed by atoms with Crippen molar-refractivity contribution in [2.24, 2.45) is 23.7 Å². The lowest BCUT2D eigenvalue weighted by Gasteiger charge is -2.60. The Kier molecular flexibility index (Phi) is 5.08. The first-order valence-corrected chi connectivity index (χ1v) is 10.3. The van der Waals surface area contributed by atoms with Gasteiger partial charge in [-0.15, -0.1) is 0 Å². The Labute approximate surface area is 167 Å². The molecule has 0 aliphatic heterocycles. The van der Waals surface area contributed by atoms with Gasteiger partial charge in [-0.05, 0) is 80.0 Å². The Morgan fingerprint density at radius 1 is 1.00 bits per heavy atom. The van der Waals surface area contributed by atoms with Gasteiger partial charge in [-0.3, -0.25) is 9.59 Å². The summed E-state index contributed by atoms with van der Waals surface area (Å²) in [6, 6.07) is 7.41. The zero-order valence-corrected chi connectivity index (χ0v) is 17.0. The van der Waals surface area contributed by atoms with Gasteiger partial charge in [0.1, 0.15) is 0 Å². The number of hydrogen-bond donors (Lipinski definition) is 2. The van der Waals surface area contributed by atoms with Crippen LogP contribution in [0.5, 0.6) is 0 Å². The van der Waals surface area contributed by atoms with Crippen molar-refractivity contribution in [1.29, 1.82) is 0 Å². The molecule has 0 unspecified atom stereocenters. The third-order valence-corrected chi connectivity index (χ3v) is 7.27. The van der Waals surface area contributed by atoms with Gasteiger partial charge in [0.15, 0.2) is 0 Å². The molecule has 1 aromatic carbocycles. The molecule has 0 spiro atoms. The number of rotatable bonds is 5. The number of methoxy groups -OCH3 is 1. The summed E-state index contributed by atoms with van der Waals surface area (Å²) in [5.74, 6) is 1.42. The summed E-state index contributed by atoms with van der Waals surface area (Å²) in [4.78, 5) is 26.7. The fraction of sp³-hybridized carbons (Fsp3) is 0.636. The second-order valence-corrected chi connectivity index (χ2v) is 9.04. The molecular formula is C22H31N3O3. The van der Waals surface area contributed by atoms with Gasteiger partial charge in [0, 0.05) is 39.1 Å². The normalized spacial score (nSPS) is 32.8. The fourth-order valence-electron chi connectivity index (χ4n) is 6.01. The topological polar surface area (TPSA) is 70.7 Å². The lowest BCUT2D eigenvalue weighted by atomic mass is 9.49. The van der Waals surface area contributed by atoms with E-state index in [9.17, 15) is 9.59 Å². The molecule has 0 heterocycles. The summed E-state index contributed by atoms with van der Waals surface area (Å²) >= 11 is 0. The molecule has 2 N–H and O–H groups in total. The maximum absolute atomic E-state index is 12.4. The van der Waals surface area contributed by atoms with Gasteiger partial charge in [-0.1, -0.05) is 0 Å². The van der Waals surface area contributed by atoms with Crippen molar-refractivity contribution in [3.8, 4) is 0 Å². The summed E-state index contributed by atoms with van der Waals surface area (Å²) in [5, 5.41) is 5.55. The molecule has 28 heavy (non-hydrogen) atoms. The molecule has 152 valence electrons. The number of anilines is 2. The summed E-state index contributed by atoms with van der Waals surface area (Å²) in [6.45, 7) is 0.421. The SMILES string of the molecule is COC1(CNC(=O)C(=O)Nc2ccc(N(C)C)cc2)C2CC3CC(C2)CC1C3. The average Bonchev–Trinajstić information content (AvgIpc) is 2.67. The maximum atomic E-state index is 12.4. The van der Waals surface area contributed by atoms with Crippen molar-refractivity contribution in [2.45, 2.75) is 37.7 Å². The van der Waals surface area contributed by atoms with E-state index in [4.69, 9.17) is 4.74 Å². The maximum Gasteiger partial charge on any atom is 0.313 e. The highest BCUT2D eigenvalue weighted by Crippen LogP contribution is 2.59. The van der Waals surface area contributed by atoms with Crippen molar-refractivity contribution in [3.05, 3.63) is 24.3 Å². The van der Waals surface area contributed by atoms with E-state index >= 15 is 0 Å². The van der Waals surface area contributed by atoms with Crippen molar-refractivity contribution >= 4 is 23.2 Å². The quantitative estimate of drug-likeness (QED) is 0.765. The van der Waals surface area contributed by atoms with E-state index < -0.39 is 11.8 Å². The largest absolute Gasteiger partial charge is 0.378 e. The summed E-state index contributed by atoms with van der Waals surface area (Å²) in [6.07, 6.45) is 6.15. The van der Waals surface area contributed by atoms with Gasteiger partial charge in [-0.2, -0.15) is 0 Å². The standard InChI is InChI=1S/C22H31N3O3/c1-25(2)19-6-4-18(5-7-19)24-21(27)20(26)23-13-22(28-3)16-9-14-8-15(11-16)12-17(22)10-14/h4-7,14-17H,8-13H2,1-3H3,(H,23,26)(H,24,27). The van der Waals surface area contributed by atoms with Crippen LogP contribution in [0, 0.1) is 23.7 Å². The number of carbonyl (C=O) groups excluding carboxylic acids is 2. The van der Waals surface area contributed by atoms with Crippen LogP contribution in [0.15, 0.2) is 24.3 Å². The molecule has 4 bridgehead atoms. The van der Waals surface area contributed by atoms with E-state index in [0.717, 1.165) is 17.5 Å². The zero-order chi connectivity index (χ0) is 19.9. The van der Waals surface area contributed by atoms with Crippen LogP contribution in [0.25, 0.3) is 0 Å². The molecule has 1 aromatic rings. The van der Waals surface area contributed by atoms with Gasteiger partial charge in [-0.25, -0.2) is 0 Å². The Morgan fingerprint density at radius 3 is 2.07 bits per heavy atom. The Hall–Kier alpha value is -2.08. The first kappa shape index (κ1) is 19.2. The highest BCUT2D eigenvalue weighted by atomic mass is 16.5. The minimum Gasteiger partial charge on any atom is -0.378 e. The number of benzene rings is 1. The zero-order valence-electron chi connectivity index (χ0n) is 17.0. The predicted molar refractivity (Wildman–Crippen MR) is 109 cm³/mol. The third kappa shape index (κ3) is 3.39. The second kappa shape index (κ2) is 7.39. The molecule has 2 amide bonds. The molecule has 0 radical (unpaired) electrons. The van der Waals surface area contributed by atoms with E-state index in [1.807, 2.05) is 31.1 Å². The Bertz CT molecular complexity index is 716. The Morgan fingerprint density at radius 2 is 1.57 bits per heavy atom. The smallest absolute Gasteiger partial charge is 0.313 e. The van der Waals surface area contributed by atoms with Gasteiger partial charge in [0.05, 0.1) is 5.60 Å². The van der Waals surface area contributed by atoms with Gasteiger partial charge in [0.2, 0.25) is 0 Å². The van der Waals surface area contributed by atoms with Crippen LogP contribution in [-0.2, 0) is 14.3 Å². The van der Waals surface area contributed by atoms with Crippen LogP contribution in [0.4, 0.5) is 11.4 Å². The van der Waals surface area contributed by atoms with Crippen LogP contribution < -0.4 is 15.5 Å². The summed E-state index contributed by atoms with van der Waals surface area (Å²) in [5.41, 5.74) is 1.34. The molecule has 5 rings (SSSR count). The number of ether oxygens (including phenoxy) is 1. The highest BCUT2D eigenvalue weighted by Gasteiger charge is 2.57. The van der Waals surface area contributed by atoms with Crippen molar-refractivity contribution in [2.75, 3.05) is 38.0 Å². The molecule has 0 saturated heterocycles. The summed E-state index contributed by atoms with van der Waals surface area (Å²) < 4.78 is 6.05. The van der Waals surface area contributed by atoms with Crippen molar-refractivity contribution < 1.29 is 14.3 Å².